The van der Waals surface area contributed by atoms with Crippen LogP contribution in [0.2, 0.25) is 0 Å². The third-order valence-electron chi connectivity index (χ3n) is 3.08. The van der Waals surface area contributed by atoms with Crippen molar-refractivity contribution >= 4 is 23.6 Å². The molecule has 0 fully saturated rings. The number of rotatable bonds is 4. The maximum Gasteiger partial charge on any atom is 0.416 e. The van der Waals surface area contributed by atoms with Gasteiger partial charge in [0, 0.05) is 17.3 Å². The molecule has 0 saturated heterocycles. The topological polar surface area (TPSA) is 72.2 Å². The summed E-state index contributed by atoms with van der Waals surface area (Å²) < 4.78 is 37.8. The van der Waals surface area contributed by atoms with E-state index in [9.17, 15) is 22.8 Å². The normalized spacial score (nSPS) is 11.5. The van der Waals surface area contributed by atoms with Gasteiger partial charge in [0.1, 0.15) is 0 Å². The van der Waals surface area contributed by atoms with Crippen molar-refractivity contribution in [3.8, 4) is 0 Å². The summed E-state index contributed by atoms with van der Waals surface area (Å²) in [5, 5.41) is 2.52. The molecule has 0 bridgehead atoms. The Bertz CT molecular complexity index is 781. The number of nitrogens with one attached hydrogen (secondary N) is 1. The minimum absolute atomic E-state index is 0.254. The maximum atomic E-state index is 12.6. The first-order chi connectivity index (χ1) is 11.3. The van der Waals surface area contributed by atoms with Crippen LogP contribution in [0.4, 0.5) is 18.9 Å². The molecule has 0 aliphatic heterocycles. The zero-order chi connectivity index (χ0) is 17.7. The number of hydrogen-bond acceptors (Lipinski definition) is 2. The lowest BCUT2D eigenvalue weighted by Crippen LogP contribution is -2.11. The van der Waals surface area contributed by atoms with Crippen molar-refractivity contribution in [2.24, 2.45) is 5.73 Å². The fraction of sp³-hybridized carbons (Fsp3) is 0.0588. The number of alkyl halides is 3. The van der Waals surface area contributed by atoms with Crippen molar-refractivity contribution in [2.75, 3.05) is 5.32 Å². The summed E-state index contributed by atoms with van der Waals surface area (Å²) >= 11 is 0. The molecule has 0 heterocycles. The lowest BCUT2D eigenvalue weighted by Gasteiger charge is -2.06. The van der Waals surface area contributed by atoms with E-state index in [0.29, 0.717) is 11.3 Å². The van der Waals surface area contributed by atoms with E-state index >= 15 is 0 Å². The lowest BCUT2D eigenvalue weighted by atomic mass is 10.1. The fourth-order valence-corrected chi connectivity index (χ4v) is 1.89. The van der Waals surface area contributed by atoms with Crippen LogP contribution in [-0.4, -0.2) is 11.8 Å². The van der Waals surface area contributed by atoms with E-state index < -0.39 is 23.6 Å². The Balaban J connectivity index is 2.04. The molecule has 0 radical (unpaired) electrons. The van der Waals surface area contributed by atoms with E-state index in [4.69, 9.17) is 5.73 Å². The molecule has 0 aliphatic carbocycles. The van der Waals surface area contributed by atoms with Gasteiger partial charge in [0.25, 0.3) is 0 Å². The molecule has 0 saturated carbocycles. The van der Waals surface area contributed by atoms with Crippen LogP contribution in [-0.2, 0) is 11.0 Å². The summed E-state index contributed by atoms with van der Waals surface area (Å²) in [6.45, 7) is 0. The SMILES string of the molecule is NC(=O)c1ccc(NC(=O)/C=C/c2cccc(C(F)(F)F)c2)cc1. The molecular formula is C17H13F3N2O2. The van der Waals surface area contributed by atoms with Gasteiger partial charge in [0.05, 0.1) is 5.56 Å². The third-order valence-corrected chi connectivity index (χ3v) is 3.08. The largest absolute Gasteiger partial charge is 0.416 e. The number of hydrogen-bond donors (Lipinski definition) is 2. The predicted molar refractivity (Wildman–Crippen MR) is 84.1 cm³/mol. The van der Waals surface area contributed by atoms with Crippen LogP contribution in [0.25, 0.3) is 6.08 Å². The van der Waals surface area contributed by atoms with E-state index in [1.54, 1.807) is 0 Å². The van der Waals surface area contributed by atoms with Gasteiger partial charge in [-0.25, -0.2) is 0 Å². The molecular weight excluding hydrogens is 321 g/mol. The first-order valence-electron chi connectivity index (χ1n) is 6.82. The van der Waals surface area contributed by atoms with Crippen molar-refractivity contribution in [2.45, 2.75) is 6.18 Å². The van der Waals surface area contributed by atoms with Crippen molar-refractivity contribution in [1.29, 1.82) is 0 Å². The van der Waals surface area contributed by atoms with Crippen molar-refractivity contribution in [3.63, 3.8) is 0 Å². The average molecular weight is 334 g/mol. The minimum atomic E-state index is -4.44. The highest BCUT2D eigenvalue weighted by Crippen LogP contribution is 2.29. The molecule has 3 N–H and O–H groups in total. The number of anilines is 1. The molecule has 0 spiro atoms. The number of carbonyl (C=O) groups excluding carboxylic acids is 2. The van der Waals surface area contributed by atoms with Crippen LogP contribution in [0.3, 0.4) is 0 Å². The second-order valence-electron chi connectivity index (χ2n) is 4.89. The molecule has 0 aliphatic rings. The Morgan fingerprint density at radius 3 is 2.29 bits per heavy atom. The molecule has 7 heteroatoms. The first-order valence-corrected chi connectivity index (χ1v) is 6.82. The molecule has 2 aromatic rings. The fourth-order valence-electron chi connectivity index (χ4n) is 1.89. The van der Waals surface area contributed by atoms with Crippen molar-refractivity contribution in [3.05, 3.63) is 71.3 Å². The Morgan fingerprint density at radius 1 is 1.04 bits per heavy atom. The first kappa shape index (κ1) is 17.3. The van der Waals surface area contributed by atoms with Gasteiger partial charge in [-0.2, -0.15) is 13.2 Å². The van der Waals surface area contributed by atoms with Gasteiger partial charge in [0.15, 0.2) is 0 Å². The van der Waals surface area contributed by atoms with E-state index in [-0.39, 0.29) is 5.56 Å². The number of benzene rings is 2. The molecule has 2 amide bonds. The van der Waals surface area contributed by atoms with Crippen molar-refractivity contribution in [1.82, 2.24) is 0 Å². The monoisotopic (exact) mass is 334 g/mol. The second kappa shape index (κ2) is 6.99. The minimum Gasteiger partial charge on any atom is -0.366 e. The predicted octanol–water partition coefficient (Wildman–Crippen LogP) is 3.46. The summed E-state index contributed by atoms with van der Waals surface area (Å²) in [5.74, 6) is -1.10. The summed E-state index contributed by atoms with van der Waals surface area (Å²) in [4.78, 5) is 22.7. The van der Waals surface area contributed by atoms with Gasteiger partial charge >= 0.3 is 6.18 Å². The van der Waals surface area contributed by atoms with Gasteiger partial charge in [-0.15, -0.1) is 0 Å². The van der Waals surface area contributed by atoms with Gasteiger partial charge in [-0.1, -0.05) is 12.1 Å². The van der Waals surface area contributed by atoms with E-state index in [1.807, 2.05) is 0 Å². The molecule has 24 heavy (non-hydrogen) atoms. The van der Waals surface area contributed by atoms with Crippen LogP contribution in [0.15, 0.2) is 54.6 Å². The highest BCUT2D eigenvalue weighted by Gasteiger charge is 2.30. The van der Waals surface area contributed by atoms with Crippen LogP contribution in [0, 0.1) is 0 Å². The quantitative estimate of drug-likeness (QED) is 0.841. The summed E-state index contributed by atoms with van der Waals surface area (Å²) in [6, 6.07) is 10.5. The molecule has 2 aromatic carbocycles. The maximum absolute atomic E-state index is 12.6. The molecule has 124 valence electrons. The highest BCUT2D eigenvalue weighted by molar-refractivity contribution is 6.02. The number of nitrogens with two attached hydrogens (primary N) is 1. The summed E-state index contributed by atoms with van der Waals surface area (Å²) in [5.41, 5.74) is 5.30. The standard InChI is InChI=1S/C17H13F3N2O2/c18-17(19,20)13-3-1-2-11(10-13)4-9-15(23)22-14-7-5-12(6-8-14)16(21)24/h1-10H,(H2,21,24)(H,22,23)/b9-4+. The summed E-state index contributed by atoms with van der Waals surface area (Å²) in [6.07, 6.45) is -2.03. The lowest BCUT2D eigenvalue weighted by molar-refractivity contribution is -0.137. The molecule has 0 atom stereocenters. The zero-order valence-corrected chi connectivity index (χ0v) is 12.3. The number of carbonyl (C=O) groups is 2. The average Bonchev–Trinajstić information content (AvgIpc) is 2.53. The van der Waals surface area contributed by atoms with Crippen LogP contribution in [0.1, 0.15) is 21.5 Å². The summed E-state index contributed by atoms with van der Waals surface area (Å²) in [7, 11) is 0. The smallest absolute Gasteiger partial charge is 0.366 e. The van der Waals surface area contributed by atoms with Gasteiger partial charge in [-0.3, -0.25) is 9.59 Å². The van der Waals surface area contributed by atoms with E-state index in [0.717, 1.165) is 18.2 Å². The van der Waals surface area contributed by atoms with Gasteiger partial charge < -0.3 is 11.1 Å². The molecule has 0 aromatic heterocycles. The zero-order valence-electron chi connectivity index (χ0n) is 12.3. The highest BCUT2D eigenvalue weighted by atomic mass is 19.4. The van der Waals surface area contributed by atoms with Crippen LogP contribution < -0.4 is 11.1 Å². The van der Waals surface area contributed by atoms with Gasteiger partial charge in [0.2, 0.25) is 11.8 Å². The van der Waals surface area contributed by atoms with Gasteiger partial charge in [-0.05, 0) is 48.0 Å². The molecule has 4 nitrogen and oxygen atoms in total. The molecule has 2 rings (SSSR count). The Kier molecular flexibility index (Phi) is 5.03. The Morgan fingerprint density at radius 2 is 1.71 bits per heavy atom. The second-order valence-corrected chi connectivity index (χ2v) is 4.89. The Hall–Kier alpha value is -3.09. The van der Waals surface area contributed by atoms with E-state index in [2.05, 4.69) is 5.32 Å². The van der Waals surface area contributed by atoms with Crippen LogP contribution in [0.5, 0.6) is 0 Å². The molecule has 0 unspecified atom stereocenters. The van der Waals surface area contributed by atoms with Crippen molar-refractivity contribution < 1.29 is 22.8 Å². The number of halogens is 3. The number of amides is 2. The Labute approximate surface area is 135 Å². The van der Waals surface area contributed by atoms with E-state index in [1.165, 1.54) is 42.5 Å². The van der Waals surface area contributed by atoms with Crippen LogP contribution >= 0.6 is 0 Å². The number of primary amides is 1. The third kappa shape index (κ3) is 4.70.